The second-order valence-electron chi connectivity index (χ2n) is 3.97. The molecule has 0 bridgehead atoms. The minimum atomic E-state index is 1.03. The maximum absolute atomic E-state index is 4.07. The Hall–Kier alpha value is -1.82. The fraction of sp³-hybridized carbons (Fsp3) is 0.0625. The summed E-state index contributed by atoms with van der Waals surface area (Å²) in [6, 6.07) is 4.24. The Morgan fingerprint density at radius 1 is 1.29 bits per heavy atom. The van der Waals surface area contributed by atoms with Crippen molar-refractivity contribution in [3.8, 4) is 0 Å². The zero-order valence-electron chi connectivity index (χ0n) is 9.86. The van der Waals surface area contributed by atoms with E-state index in [4.69, 9.17) is 0 Å². The summed E-state index contributed by atoms with van der Waals surface area (Å²) in [5.41, 5.74) is 6.35. The van der Waals surface area contributed by atoms with Crippen LogP contribution in [0.3, 0.4) is 0 Å². The smallest absolute Gasteiger partial charge is 0.0355 e. The molecule has 1 aliphatic carbocycles. The third-order valence-electron chi connectivity index (χ3n) is 2.37. The Morgan fingerprint density at radius 2 is 2.12 bits per heavy atom. The lowest BCUT2D eigenvalue weighted by Crippen LogP contribution is -1.71. The number of allylic oxidation sites excluding steroid dienone is 7. The standard InChI is InChI=1S/C16H14S/c1-12(2)8-9-13(3)15-10-11-16(17-15)14-6-4-5-7-14/h4,6-11H,1,3H2,2H3/b9-8-. The summed E-state index contributed by atoms with van der Waals surface area (Å²) in [7, 11) is 0. The molecule has 1 heteroatoms. The maximum atomic E-state index is 4.07. The van der Waals surface area contributed by atoms with E-state index in [9.17, 15) is 0 Å². The summed E-state index contributed by atoms with van der Waals surface area (Å²) in [5, 5.41) is 0. The summed E-state index contributed by atoms with van der Waals surface area (Å²) >= 11 is 1.75. The van der Waals surface area contributed by atoms with Crippen molar-refractivity contribution in [2.75, 3.05) is 0 Å². The molecule has 0 fully saturated rings. The van der Waals surface area contributed by atoms with Crippen LogP contribution in [0.4, 0.5) is 0 Å². The van der Waals surface area contributed by atoms with Gasteiger partial charge in [0.15, 0.2) is 0 Å². The normalized spacial score (nSPS) is 13.4. The molecule has 0 amide bonds. The zero-order chi connectivity index (χ0) is 12.3. The topological polar surface area (TPSA) is 0 Å². The van der Waals surface area contributed by atoms with E-state index in [0.717, 1.165) is 11.1 Å². The van der Waals surface area contributed by atoms with Crippen molar-refractivity contribution < 1.29 is 0 Å². The maximum Gasteiger partial charge on any atom is 0.0355 e. The lowest BCUT2D eigenvalue weighted by molar-refractivity contribution is 1.56. The first-order valence-electron chi connectivity index (χ1n) is 5.42. The average molecular weight is 238 g/mol. The molecular weight excluding hydrogens is 224 g/mol. The van der Waals surface area contributed by atoms with Crippen LogP contribution in [0.5, 0.6) is 0 Å². The van der Waals surface area contributed by atoms with Crippen molar-refractivity contribution in [2.45, 2.75) is 6.92 Å². The minimum Gasteiger partial charge on any atom is -0.135 e. The molecule has 17 heavy (non-hydrogen) atoms. The Morgan fingerprint density at radius 3 is 2.76 bits per heavy atom. The number of hydrogen-bond donors (Lipinski definition) is 0. The predicted octanol–water partition coefficient (Wildman–Crippen LogP) is 5.00. The number of rotatable bonds is 4. The van der Waals surface area contributed by atoms with Gasteiger partial charge < -0.3 is 0 Å². The molecule has 0 radical (unpaired) electrons. The van der Waals surface area contributed by atoms with Gasteiger partial charge in [0.25, 0.3) is 0 Å². The zero-order valence-corrected chi connectivity index (χ0v) is 10.7. The van der Waals surface area contributed by atoms with Crippen LogP contribution >= 0.6 is 11.3 Å². The molecule has 0 aromatic carbocycles. The summed E-state index contributed by atoms with van der Waals surface area (Å²) < 4.78 is 0. The van der Waals surface area contributed by atoms with E-state index in [0.29, 0.717) is 0 Å². The fourth-order valence-electron chi connectivity index (χ4n) is 1.47. The van der Waals surface area contributed by atoms with Crippen molar-refractivity contribution >= 4 is 22.5 Å². The molecule has 2 rings (SSSR count). The van der Waals surface area contributed by atoms with Crippen molar-refractivity contribution in [2.24, 2.45) is 0 Å². The number of hydrogen-bond acceptors (Lipinski definition) is 1. The molecule has 0 N–H and O–H groups in total. The Labute approximate surface area is 106 Å². The van der Waals surface area contributed by atoms with Gasteiger partial charge in [-0.1, -0.05) is 30.9 Å². The molecule has 0 spiro atoms. The summed E-state index contributed by atoms with van der Waals surface area (Å²) in [6.07, 6.45) is 10.0. The van der Waals surface area contributed by atoms with E-state index in [1.54, 1.807) is 11.3 Å². The minimum absolute atomic E-state index is 1.03. The van der Waals surface area contributed by atoms with Gasteiger partial charge in [0, 0.05) is 9.75 Å². The molecule has 0 saturated carbocycles. The van der Waals surface area contributed by atoms with E-state index in [2.05, 4.69) is 37.1 Å². The lowest BCUT2D eigenvalue weighted by atomic mass is 10.2. The molecule has 1 heterocycles. The van der Waals surface area contributed by atoms with Crippen molar-refractivity contribution in [1.29, 1.82) is 0 Å². The van der Waals surface area contributed by atoms with E-state index >= 15 is 0 Å². The van der Waals surface area contributed by atoms with Gasteiger partial charge in [-0.2, -0.15) is 0 Å². The van der Waals surface area contributed by atoms with Crippen LogP contribution in [0, 0.1) is 0 Å². The first-order valence-corrected chi connectivity index (χ1v) is 6.24. The van der Waals surface area contributed by atoms with Crippen LogP contribution in [0.25, 0.3) is 11.1 Å². The predicted molar refractivity (Wildman–Crippen MR) is 77.9 cm³/mol. The molecule has 1 aromatic rings. The second kappa shape index (κ2) is 5.01. The van der Waals surface area contributed by atoms with Gasteiger partial charge in [0.1, 0.15) is 0 Å². The van der Waals surface area contributed by atoms with Crippen LogP contribution in [0.2, 0.25) is 0 Å². The molecule has 1 aromatic heterocycles. The Kier molecular flexibility index (Phi) is 3.43. The quantitative estimate of drug-likeness (QED) is 0.511. The highest BCUT2D eigenvalue weighted by Crippen LogP contribution is 2.30. The highest BCUT2D eigenvalue weighted by molar-refractivity contribution is 7.14. The van der Waals surface area contributed by atoms with Crippen LogP contribution in [0.1, 0.15) is 16.7 Å². The van der Waals surface area contributed by atoms with Gasteiger partial charge in [-0.15, -0.1) is 17.1 Å². The van der Waals surface area contributed by atoms with Crippen molar-refractivity contribution in [1.82, 2.24) is 0 Å². The Balaban J connectivity index is 2.16. The third kappa shape index (κ3) is 2.85. The van der Waals surface area contributed by atoms with Gasteiger partial charge >= 0.3 is 0 Å². The Bertz CT molecular complexity index is 585. The first kappa shape index (κ1) is 11.7. The van der Waals surface area contributed by atoms with E-state index in [1.165, 1.54) is 15.3 Å². The van der Waals surface area contributed by atoms with Gasteiger partial charge in [-0.25, -0.2) is 0 Å². The SMILES string of the molecule is C=C(C)/C=C\C(=C)c1ccc(C2=CC=C=C2)s1. The average Bonchev–Trinajstić information content (AvgIpc) is 2.94. The molecule has 84 valence electrons. The monoisotopic (exact) mass is 238 g/mol. The summed E-state index contributed by atoms with van der Waals surface area (Å²) in [4.78, 5) is 2.45. The van der Waals surface area contributed by atoms with Crippen molar-refractivity contribution in [3.05, 3.63) is 76.7 Å². The van der Waals surface area contributed by atoms with Crippen molar-refractivity contribution in [3.63, 3.8) is 0 Å². The van der Waals surface area contributed by atoms with Gasteiger partial charge in [0.2, 0.25) is 0 Å². The van der Waals surface area contributed by atoms with Gasteiger partial charge in [-0.05, 0) is 48.4 Å². The van der Waals surface area contributed by atoms with Crippen LogP contribution in [0.15, 0.2) is 67.0 Å². The highest BCUT2D eigenvalue weighted by atomic mass is 32.1. The van der Waals surface area contributed by atoms with Gasteiger partial charge in [-0.3, -0.25) is 0 Å². The van der Waals surface area contributed by atoms with E-state index in [-0.39, 0.29) is 0 Å². The van der Waals surface area contributed by atoms with Crippen LogP contribution in [-0.4, -0.2) is 0 Å². The lowest BCUT2D eigenvalue weighted by Gasteiger charge is -1.95. The molecule has 0 nitrogen and oxygen atoms in total. The summed E-state index contributed by atoms with van der Waals surface area (Å²) in [5.74, 6) is 0. The van der Waals surface area contributed by atoms with E-state index < -0.39 is 0 Å². The molecule has 0 saturated heterocycles. The largest absolute Gasteiger partial charge is 0.135 e. The molecule has 0 unspecified atom stereocenters. The van der Waals surface area contributed by atoms with Crippen LogP contribution in [-0.2, 0) is 0 Å². The highest BCUT2D eigenvalue weighted by Gasteiger charge is 2.05. The van der Waals surface area contributed by atoms with E-state index in [1.807, 2.05) is 31.2 Å². The molecular formula is C16H14S. The fourth-order valence-corrected chi connectivity index (χ4v) is 2.42. The second-order valence-corrected chi connectivity index (χ2v) is 5.05. The first-order chi connectivity index (χ1) is 8.16. The summed E-state index contributed by atoms with van der Waals surface area (Å²) in [6.45, 7) is 9.88. The van der Waals surface area contributed by atoms with Gasteiger partial charge in [0.05, 0.1) is 0 Å². The molecule has 0 aliphatic heterocycles. The third-order valence-corrected chi connectivity index (χ3v) is 3.58. The molecule has 1 aliphatic rings. The van der Waals surface area contributed by atoms with Crippen LogP contribution < -0.4 is 0 Å². The molecule has 0 atom stereocenters. The number of thiophene rings is 1.